The third-order valence-electron chi connectivity index (χ3n) is 4.29. The first kappa shape index (κ1) is 19.9. The highest BCUT2D eigenvalue weighted by atomic mass is 35.5. The second-order valence-corrected chi connectivity index (χ2v) is 7.17. The molecule has 1 heterocycles. The maximum atomic E-state index is 12.3. The molecule has 0 amide bonds. The van der Waals surface area contributed by atoms with Gasteiger partial charge in [-0.25, -0.2) is 9.59 Å². The second kappa shape index (κ2) is 8.53. The summed E-state index contributed by atoms with van der Waals surface area (Å²) < 4.78 is 5.36. The van der Waals surface area contributed by atoms with E-state index in [1.807, 2.05) is 30.3 Å². The van der Waals surface area contributed by atoms with Gasteiger partial charge in [0, 0.05) is 10.6 Å². The minimum Gasteiger partial charge on any atom is -0.423 e. The van der Waals surface area contributed by atoms with Crippen LogP contribution < -0.4 is 4.74 Å². The molecule has 5 nitrogen and oxygen atoms in total. The van der Waals surface area contributed by atoms with Crippen molar-refractivity contribution in [2.75, 3.05) is 0 Å². The molecule has 7 heteroatoms. The fourth-order valence-corrected chi connectivity index (χ4v) is 3.32. The van der Waals surface area contributed by atoms with Crippen LogP contribution in [0.1, 0.15) is 21.5 Å². The number of nitrogens with zero attached hydrogens (tertiary/aromatic N) is 1. The molecule has 0 fully saturated rings. The first-order valence-electron chi connectivity index (χ1n) is 8.85. The molecular formula is C23H13Cl2NO4. The predicted octanol–water partition coefficient (Wildman–Crippen LogP) is 5.56. The number of oxime groups is 1. The van der Waals surface area contributed by atoms with Gasteiger partial charge in [0.2, 0.25) is 0 Å². The minimum atomic E-state index is -0.597. The molecule has 148 valence electrons. The molecule has 0 unspecified atom stereocenters. The SMILES string of the molecule is O=C1ON=C(c2ccccc2)/C1=C\c1ccc(OC(=O)c2ccc(Cl)cc2Cl)cc1. The minimum absolute atomic E-state index is 0.210. The van der Waals surface area contributed by atoms with Crippen LogP contribution in [0.15, 0.2) is 83.5 Å². The zero-order valence-electron chi connectivity index (χ0n) is 15.3. The van der Waals surface area contributed by atoms with Crippen molar-refractivity contribution in [1.29, 1.82) is 0 Å². The molecule has 0 aromatic heterocycles. The average Bonchev–Trinajstić information content (AvgIpc) is 3.10. The summed E-state index contributed by atoms with van der Waals surface area (Å²) in [5, 5.41) is 4.52. The molecule has 0 bridgehead atoms. The van der Waals surface area contributed by atoms with Crippen molar-refractivity contribution in [1.82, 2.24) is 0 Å². The van der Waals surface area contributed by atoms with Crippen molar-refractivity contribution in [2.45, 2.75) is 0 Å². The molecule has 1 aliphatic rings. The van der Waals surface area contributed by atoms with Crippen LogP contribution >= 0.6 is 23.2 Å². The van der Waals surface area contributed by atoms with E-state index in [1.54, 1.807) is 36.4 Å². The van der Waals surface area contributed by atoms with E-state index < -0.39 is 11.9 Å². The molecule has 0 saturated heterocycles. The van der Waals surface area contributed by atoms with Crippen LogP contribution in [0.2, 0.25) is 10.0 Å². The Kier molecular flexibility index (Phi) is 5.65. The van der Waals surface area contributed by atoms with E-state index in [0.717, 1.165) is 11.1 Å². The van der Waals surface area contributed by atoms with E-state index in [2.05, 4.69) is 5.16 Å². The van der Waals surface area contributed by atoms with Crippen LogP contribution in [0.25, 0.3) is 6.08 Å². The molecule has 0 atom stereocenters. The summed E-state index contributed by atoms with van der Waals surface area (Å²) in [6.45, 7) is 0. The maximum Gasteiger partial charge on any atom is 0.368 e. The molecule has 0 radical (unpaired) electrons. The fraction of sp³-hybridized carbons (Fsp3) is 0. The van der Waals surface area contributed by atoms with E-state index in [9.17, 15) is 9.59 Å². The van der Waals surface area contributed by atoms with Gasteiger partial charge in [0.1, 0.15) is 11.5 Å². The molecule has 0 N–H and O–H groups in total. The third kappa shape index (κ3) is 4.27. The topological polar surface area (TPSA) is 65.0 Å². The number of hydrogen-bond acceptors (Lipinski definition) is 5. The monoisotopic (exact) mass is 437 g/mol. The van der Waals surface area contributed by atoms with Crippen LogP contribution in [-0.4, -0.2) is 17.7 Å². The lowest BCUT2D eigenvalue weighted by Crippen LogP contribution is -2.09. The molecular weight excluding hydrogens is 425 g/mol. The van der Waals surface area contributed by atoms with Crippen LogP contribution in [0.3, 0.4) is 0 Å². The van der Waals surface area contributed by atoms with Gasteiger partial charge in [-0.15, -0.1) is 0 Å². The highest BCUT2D eigenvalue weighted by molar-refractivity contribution is 6.36. The van der Waals surface area contributed by atoms with Crippen molar-refractivity contribution in [2.24, 2.45) is 5.16 Å². The average molecular weight is 438 g/mol. The van der Waals surface area contributed by atoms with E-state index >= 15 is 0 Å². The molecule has 1 aliphatic heterocycles. The van der Waals surface area contributed by atoms with E-state index in [-0.39, 0.29) is 10.6 Å². The molecule has 3 aromatic rings. The molecule has 0 aliphatic carbocycles. The summed E-state index contributed by atoms with van der Waals surface area (Å²) in [4.78, 5) is 29.2. The van der Waals surface area contributed by atoms with Gasteiger partial charge in [-0.2, -0.15) is 0 Å². The van der Waals surface area contributed by atoms with Crippen LogP contribution in [0.5, 0.6) is 5.75 Å². The van der Waals surface area contributed by atoms with E-state index in [1.165, 1.54) is 12.1 Å². The number of carbonyl (C=O) groups excluding carboxylic acids is 2. The lowest BCUT2D eigenvalue weighted by atomic mass is 10.0. The van der Waals surface area contributed by atoms with Crippen LogP contribution in [-0.2, 0) is 9.63 Å². The Morgan fingerprint density at radius 1 is 0.967 bits per heavy atom. The summed E-state index contributed by atoms with van der Waals surface area (Å²) in [5.41, 5.74) is 2.52. The van der Waals surface area contributed by atoms with E-state index in [0.29, 0.717) is 22.1 Å². The lowest BCUT2D eigenvalue weighted by Gasteiger charge is -2.07. The van der Waals surface area contributed by atoms with E-state index in [4.69, 9.17) is 32.8 Å². The highest BCUT2D eigenvalue weighted by Crippen LogP contribution is 2.24. The Morgan fingerprint density at radius 2 is 1.70 bits per heavy atom. The first-order valence-corrected chi connectivity index (χ1v) is 9.61. The van der Waals surface area contributed by atoms with Gasteiger partial charge in [0.15, 0.2) is 0 Å². The van der Waals surface area contributed by atoms with Gasteiger partial charge >= 0.3 is 11.9 Å². The normalized spacial score (nSPS) is 14.4. The van der Waals surface area contributed by atoms with Crippen LogP contribution in [0, 0.1) is 0 Å². The Balaban J connectivity index is 1.53. The van der Waals surface area contributed by atoms with Gasteiger partial charge in [-0.1, -0.05) is 70.8 Å². The third-order valence-corrected chi connectivity index (χ3v) is 4.84. The Labute approximate surface area is 182 Å². The number of halogens is 2. The fourth-order valence-electron chi connectivity index (χ4n) is 2.83. The smallest absolute Gasteiger partial charge is 0.368 e. The summed E-state index contributed by atoms with van der Waals surface area (Å²) in [6.07, 6.45) is 1.67. The van der Waals surface area contributed by atoms with Crippen molar-refractivity contribution < 1.29 is 19.2 Å². The molecule has 0 saturated carbocycles. The molecule has 4 rings (SSSR count). The highest BCUT2D eigenvalue weighted by Gasteiger charge is 2.26. The lowest BCUT2D eigenvalue weighted by molar-refractivity contribution is -0.136. The summed E-state index contributed by atoms with van der Waals surface area (Å²) in [5.74, 6) is -0.790. The number of esters is 1. The molecule has 30 heavy (non-hydrogen) atoms. The summed E-state index contributed by atoms with van der Waals surface area (Å²) in [6, 6.07) is 20.5. The Hall–Kier alpha value is -3.41. The largest absolute Gasteiger partial charge is 0.423 e. The number of benzene rings is 3. The van der Waals surface area contributed by atoms with Crippen molar-refractivity contribution in [3.63, 3.8) is 0 Å². The van der Waals surface area contributed by atoms with Gasteiger partial charge in [0.05, 0.1) is 16.2 Å². The number of hydrogen-bond donors (Lipinski definition) is 0. The van der Waals surface area contributed by atoms with Gasteiger partial charge in [-0.05, 0) is 42.0 Å². The van der Waals surface area contributed by atoms with Gasteiger partial charge in [0.25, 0.3) is 0 Å². The Morgan fingerprint density at radius 3 is 2.40 bits per heavy atom. The van der Waals surface area contributed by atoms with Crippen molar-refractivity contribution in [3.8, 4) is 5.75 Å². The summed E-state index contributed by atoms with van der Waals surface area (Å²) in [7, 11) is 0. The van der Waals surface area contributed by atoms with Gasteiger partial charge < -0.3 is 9.57 Å². The summed E-state index contributed by atoms with van der Waals surface area (Å²) >= 11 is 11.9. The maximum absolute atomic E-state index is 12.3. The first-order chi connectivity index (χ1) is 14.5. The standard InChI is InChI=1S/C23H13Cl2NO4/c24-16-8-11-18(20(25)13-16)22(27)29-17-9-6-14(7-10-17)12-19-21(26-30-23(19)28)15-4-2-1-3-5-15/h1-13H/b19-12+. The molecule has 3 aromatic carbocycles. The van der Waals surface area contributed by atoms with Crippen molar-refractivity contribution >= 4 is 46.9 Å². The molecule has 0 spiro atoms. The van der Waals surface area contributed by atoms with Crippen molar-refractivity contribution in [3.05, 3.63) is 105 Å². The zero-order valence-corrected chi connectivity index (χ0v) is 16.9. The van der Waals surface area contributed by atoms with Crippen LogP contribution in [0.4, 0.5) is 0 Å². The zero-order chi connectivity index (χ0) is 21.1. The second-order valence-electron chi connectivity index (χ2n) is 6.33. The number of rotatable bonds is 4. The predicted molar refractivity (Wildman–Crippen MR) is 115 cm³/mol. The number of ether oxygens (including phenoxy) is 1. The number of carbonyl (C=O) groups is 2. The Bertz CT molecular complexity index is 1190. The van der Waals surface area contributed by atoms with Gasteiger partial charge in [-0.3, -0.25) is 0 Å². The quantitative estimate of drug-likeness (QED) is 0.232.